The van der Waals surface area contributed by atoms with Crippen LogP contribution >= 0.6 is 15.9 Å². The van der Waals surface area contributed by atoms with Gasteiger partial charge in [0.2, 0.25) is 5.91 Å². The van der Waals surface area contributed by atoms with Gasteiger partial charge in [-0.1, -0.05) is 19.1 Å². The van der Waals surface area contributed by atoms with Crippen LogP contribution in [0.1, 0.15) is 25.3 Å². The number of hydrogen-bond acceptors (Lipinski definition) is 1. The minimum absolute atomic E-state index is 0.122. The van der Waals surface area contributed by atoms with Crippen molar-refractivity contribution in [2.75, 3.05) is 5.32 Å². The highest BCUT2D eigenvalue weighted by atomic mass is 79.9. The summed E-state index contributed by atoms with van der Waals surface area (Å²) in [5.41, 5.74) is 1.88. The molecule has 1 aliphatic carbocycles. The van der Waals surface area contributed by atoms with E-state index in [0.29, 0.717) is 0 Å². The normalized spacial score (nSPS) is 17.3. The Bertz CT molecular complexity index is 410. The van der Waals surface area contributed by atoms with E-state index >= 15 is 0 Å². The van der Waals surface area contributed by atoms with Gasteiger partial charge in [0.25, 0.3) is 0 Å². The van der Waals surface area contributed by atoms with Crippen LogP contribution in [0.3, 0.4) is 0 Å². The molecule has 15 heavy (non-hydrogen) atoms. The Balaban J connectivity index is 2.17. The summed E-state index contributed by atoms with van der Waals surface area (Å²) in [4.78, 5) is 11.8. The Morgan fingerprint density at radius 3 is 2.73 bits per heavy atom. The van der Waals surface area contributed by atoms with E-state index in [-0.39, 0.29) is 11.3 Å². The van der Waals surface area contributed by atoms with Crippen molar-refractivity contribution in [2.24, 2.45) is 5.41 Å². The highest BCUT2D eigenvalue weighted by molar-refractivity contribution is 9.10. The molecule has 0 aromatic heterocycles. The van der Waals surface area contributed by atoms with Gasteiger partial charge in [-0.2, -0.15) is 0 Å². The molecule has 1 aromatic carbocycles. The van der Waals surface area contributed by atoms with Gasteiger partial charge in [-0.05, 0) is 47.3 Å². The number of carbonyl (C=O) groups excluding carboxylic acids is 1. The third-order valence-electron chi connectivity index (χ3n) is 2.99. The molecule has 3 heteroatoms. The summed E-state index contributed by atoms with van der Waals surface area (Å²) in [6.45, 7) is 4.02. The first kappa shape index (κ1) is 10.7. The molecule has 2 nitrogen and oxygen atoms in total. The molecule has 0 unspecified atom stereocenters. The topological polar surface area (TPSA) is 29.1 Å². The van der Waals surface area contributed by atoms with E-state index in [1.54, 1.807) is 0 Å². The van der Waals surface area contributed by atoms with Crippen molar-refractivity contribution in [1.29, 1.82) is 0 Å². The Morgan fingerprint density at radius 2 is 2.13 bits per heavy atom. The minimum atomic E-state index is -0.122. The van der Waals surface area contributed by atoms with Crippen LogP contribution < -0.4 is 5.32 Å². The van der Waals surface area contributed by atoms with E-state index in [2.05, 4.69) is 21.2 Å². The number of carbonyl (C=O) groups is 1. The number of anilines is 1. The van der Waals surface area contributed by atoms with E-state index in [9.17, 15) is 4.79 Å². The third-order valence-corrected chi connectivity index (χ3v) is 4.04. The van der Waals surface area contributed by atoms with Crippen LogP contribution in [-0.4, -0.2) is 5.91 Å². The lowest BCUT2D eigenvalue weighted by molar-refractivity contribution is -0.120. The van der Waals surface area contributed by atoms with Gasteiger partial charge < -0.3 is 5.32 Å². The van der Waals surface area contributed by atoms with Crippen molar-refractivity contribution >= 4 is 27.5 Å². The maximum Gasteiger partial charge on any atom is 0.230 e. The quantitative estimate of drug-likeness (QED) is 0.873. The predicted molar refractivity (Wildman–Crippen MR) is 64.8 cm³/mol. The van der Waals surface area contributed by atoms with Gasteiger partial charge in [-0.3, -0.25) is 4.79 Å². The molecular weight excluding hydrogens is 254 g/mol. The number of rotatable bonds is 2. The van der Waals surface area contributed by atoms with Crippen molar-refractivity contribution in [3.8, 4) is 0 Å². The van der Waals surface area contributed by atoms with E-state index in [1.165, 1.54) is 0 Å². The van der Waals surface area contributed by atoms with Gasteiger partial charge in [0.15, 0.2) is 0 Å². The first-order valence-corrected chi connectivity index (χ1v) is 5.89. The molecule has 1 N–H and O–H groups in total. The summed E-state index contributed by atoms with van der Waals surface area (Å²) in [6.07, 6.45) is 2.00. The van der Waals surface area contributed by atoms with Gasteiger partial charge in [0.1, 0.15) is 0 Å². The Hall–Kier alpha value is -0.830. The zero-order chi connectivity index (χ0) is 11.1. The van der Waals surface area contributed by atoms with Gasteiger partial charge in [0, 0.05) is 9.89 Å². The molecular formula is C12H14BrNO. The molecule has 1 aliphatic rings. The molecule has 80 valence electrons. The largest absolute Gasteiger partial charge is 0.325 e. The molecule has 1 saturated carbocycles. The van der Waals surface area contributed by atoms with Gasteiger partial charge in [0.05, 0.1) is 5.69 Å². The molecule has 0 heterocycles. The van der Waals surface area contributed by atoms with Crippen molar-refractivity contribution in [2.45, 2.75) is 26.7 Å². The summed E-state index contributed by atoms with van der Waals surface area (Å²) in [7, 11) is 0. The average molecular weight is 268 g/mol. The van der Waals surface area contributed by atoms with Crippen molar-refractivity contribution < 1.29 is 4.79 Å². The molecule has 2 rings (SSSR count). The molecule has 0 radical (unpaired) electrons. The summed E-state index contributed by atoms with van der Waals surface area (Å²) in [6, 6.07) is 5.88. The molecule has 1 amide bonds. The third kappa shape index (κ3) is 2.07. The standard InChI is InChI=1S/C12H14BrNO/c1-8-4-3-5-9(10(8)13)14-11(15)12(2)6-7-12/h3-5H,6-7H2,1-2H3,(H,14,15). The van der Waals surface area contributed by atoms with E-state index < -0.39 is 0 Å². The van der Waals surface area contributed by atoms with Crippen LogP contribution in [0.15, 0.2) is 22.7 Å². The predicted octanol–water partition coefficient (Wildman–Crippen LogP) is 3.50. The smallest absolute Gasteiger partial charge is 0.230 e. The fourth-order valence-electron chi connectivity index (χ4n) is 1.43. The lowest BCUT2D eigenvalue weighted by Gasteiger charge is -2.12. The van der Waals surface area contributed by atoms with E-state index in [1.807, 2.05) is 32.0 Å². The van der Waals surface area contributed by atoms with Crippen LogP contribution in [0.5, 0.6) is 0 Å². The van der Waals surface area contributed by atoms with Crippen LogP contribution in [-0.2, 0) is 4.79 Å². The number of benzene rings is 1. The SMILES string of the molecule is Cc1cccc(NC(=O)C2(C)CC2)c1Br. The van der Waals surface area contributed by atoms with E-state index in [0.717, 1.165) is 28.6 Å². The first-order chi connectivity index (χ1) is 7.03. The van der Waals surface area contributed by atoms with Gasteiger partial charge in [-0.15, -0.1) is 0 Å². The van der Waals surface area contributed by atoms with Crippen molar-refractivity contribution in [3.63, 3.8) is 0 Å². The summed E-state index contributed by atoms with van der Waals surface area (Å²) in [5, 5.41) is 2.97. The second kappa shape index (κ2) is 3.63. The van der Waals surface area contributed by atoms with Crippen LogP contribution in [0.2, 0.25) is 0 Å². The molecule has 0 saturated heterocycles. The summed E-state index contributed by atoms with van der Waals surface area (Å²) < 4.78 is 0.975. The fraction of sp³-hybridized carbons (Fsp3) is 0.417. The molecule has 1 fully saturated rings. The minimum Gasteiger partial charge on any atom is -0.325 e. The molecule has 0 spiro atoms. The maximum atomic E-state index is 11.8. The Morgan fingerprint density at radius 1 is 1.47 bits per heavy atom. The highest BCUT2D eigenvalue weighted by Gasteiger charge is 2.44. The van der Waals surface area contributed by atoms with Gasteiger partial charge in [-0.25, -0.2) is 0 Å². The molecule has 0 bridgehead atoms. The molecule has 0 atom stereocenters. The van der Waals surface area contributed by atoms with Crippen molar-refractivity contribution in [1.82, 2.24) is 0 Å². The van der Waals surface area contributed by atoms with Crippen LogP contribution in [0.25, 0.3) is 0 Å². The van der Waals surface area contributed by atoms with Crippen molar-refractivity contribution in [3.05, 3.63) is 28.2 Å². The zero-order valence-electron chi connectivity index (χ0n) is 8.93. The average Bonchev–Trinajstić information content (AvgIpc) is 2.93. The van der Waals surface area contributed by atoms with E-state index in [4.69, 9.17) is 0 Å². The number of nitrogens with one attached hydrogen (secondary N) is 1. The summed E-state index contributed by atoms with van der Waals surface area (Å²) in [5.74, 6) is 0.133. The highest BCUT2D eigenvalue weighted by Crippen LogP contribution is 2.46. The number of hydrogen-bond donors (Lipinski definition) is 1. The summed E-state index contributed by atoms with van der Waals surface area (Å²) >= 11 is 3.48. The Labute approximate surface area is 98.2 Å². The lowest BCUT2D eigenvalue weighted by atomic mass is 10.1. The lowest BCUT2D eigenvalue weighted by Crippen LogP contribution is -2.21. The Kier molecular flexibility index (Phi) is 2.59. The van der Waals surface area contributed by atoms with Crippen LogP contribution in [0.4, 0.5) is 5.69 Å². The zero-order valence-corrected chi connectivity index (χ0v) is 10.5. The van der Waals surface area contributed by atoms with Crippen LogP contribution in [0, 0.1) is 12.3 Å². The number of amides is 1. The molecule has 0 aliphatic heterocycles. The fourth-order valence-corrected chi connectivity index (χ4v) is 1.80. The maximum absolute atomic E-state index is 11.8. The first-order valence-electron chi connectivity index (χ1n) is 5.09. The number of aryl methyl sites for hydroxylation is 1. The second-order valence-corrected chi connectivity index (χ2v) is 5.24. The van der Waals surface area contributed by atoms with Gasteiger partial charge >= 0.3 is 0 Å². The second-order valence-electron chi connectivity index (χ2n) is 4.45. The monoisotopic (exact) mass is 267 g/mol. The number of halogens is 1. The molecule has 1 aromatic rings.